The molecule has 0 atom stereocenters. The molecule has 5 heteroatoms. The third kappa shape index (κ3) is 7.24. The van der Waals surface area contributed by atoms with E-state index in [0.717, 1.165) is 66.2 Å². The summed E-state index contributed by atoms with van der Waals surface area (Å²) in [6.07, 6.45) is 5.66. The van der Waals surface area contributed by atoms with Crippen LogP contribution >= 0.6 is 11.8 Å². The number of aryl methyl sites for hydroxylation is 1. The van der Waals surface area contributed by atoms with Crippen LogP contribution in [-0.4, -0.2) is 36.2 Å². The SMILES string of the molecule is CCCN(CCC)CCCC(=O)c1ccc(/C=C2/Sc3ccccc3N(Cc3cccc(C)c3)C2=O)cc1. The lowest BCUT2D eigenvalue weighted by Crippen LogP contribution is -2.33. The van der Waals surface area contributed by atoms with Crippen molar-refractivity contribution in [1.82, 2.24) is 4.90 Å². The number of hydrogen-bond acceptors (Lipinski definition) is 4. The summed E-state index contributed by atoms with van der Waals surface area (Å²) in [5.41, 5.74) is 4.88. The summed E-state index contributed by atoms with van der Waals surface area (Å²) in [5.74, 6) is 0.178. The van der Waals surface area contributed by atoms with Crippen LogP contribution in [0.25, 0.3) is 6.08 Å². The van der Waals surface area contributed by atoms with Gasteiger partial charge in [-0.3, -0.25) is 9.59 Å². The number of ketones is 1. The third-order valence-electron chi connectivity index (χ3n) is 6.74. The number of Topliss-reactive ketones (excluding diaryl/α,β-unsaturated/α-hetero) is 1. The number of para-hydroxylation sites is 1. The van der Waals surface area contributed by atoms with E-state index in [9.17, 15) is 9.59 Å². The summed E-state index contributed by atoms with van der Waals surface area (Å²) >= 11 is 1.51. The number of anilines is 1. The van der Waals surface area contributed by atoms with Crippen LogP contribution in [0.2, 0.25) is 0 Å². The Kier molecular flexibility index (Phi) is 9.97. The van der Waals surface area contributed by atoms with Gasteiger partial charge in [-0.1, -0.05) is 91.8 Å². The second-order valence-electron chi connectivity index (χ2n) is 9.95. The number of thioether (sulfide) groups is 1. The van der Waals surface area contributed by atoms with Crippen molar-refractivity contribution in [2.45, 2.75) is 57.9 Å². The van der Waals surface area contributed by atoms with Crippen LogP contribution in [0.1, 0.15) is 66.6 Å². The first-order valence-electron chi connectivity index (χ1n) is 13.7. The molecule has 0 radical (unpaired) electrons. The van der Waals surface area contributed by atoms with E-state index in [0.29, 0.717) is 17.9 Å². The van der Waals surface area contributed by atoms with Gasteiger partial charge in [0.2, 0.25) is 0 Å². The fraction of sp³-hybridized carbons (Fsp3) is 0.333. The third-order valence-corrected chi connectivity index (χ3v) is 7.82. The molecule has 3 aromatic rings. The van der Waals surface area contributed by atoms with Crippen molar-refractivity contribution in [3.63, 3.8) is 0 Å². The predicted octanol–water partition coefficient (Wildman–Crippen LogP) is 7.76. The molecule has 3 aromatic carbocycles. The normalized spacial score (nSPS) is 14.3. The summed E-state index contributed by atoms with van der Waals surface area (Å²) in [4.78, 5) is 32.4. The molecule has 1 aliphatic heterocycles. The molecule has 0 unspecified atom stereocenters. The van der Waals surface area contributed by atoms with Gasteiger partial charge >= 0.3 is 0 Å². The zero-order valence-electron chi connectivity index (χ0n) is 22.8. The van der Waals surface area contributed by atoms with Crippen LogP contribution in [0.5, 0.6) is 0 Å². The fourth-order valence-electron chi connectivity index (χ4n) is 4.90. The van der Waals surface area contributed by atoms with Gasteiger partial charge in [-0.2, -0.15) is 0 Å². The minimum atomic E-state index is -0.000859. The first kappa shape index (κ1) is 27.9. The Morgan fingerprint density at radius 2 is 1.66 bits per heavy atom. The minimum absolute atomic E-state index is 0.000859. The quantitative estimate of drug-likeness (QED) is 0.179. The molecule has 4 nitrogen and oxygen atoms in total. The topological polar surface area (TPSA) is 40.6 Å². The molecule has 4 rings (SSSR count). The van der Waals surface area contributed by atoms with Gasteiger partial charge in [0.05, 0.1) is 17.1 Å². The Labute approximate surface area is 231 Å². The van der Waals surface area contributed by atoms with Gasteiger partial charge in [0, 0.05) is 16.9 Å². The Balaban J connectivity index is 1.46. The second-order valence-corrected chi connectivity index (χ2v) is 11.0. The molecular weight excluding hydrogens is 488 g/mol. The number of carbonyl (C=O) groups is 2. The molecule has 198 valence electrons. The first-order chi connectivity index (χ1) is 18.5. The van der Waals surface area contributed by atoms with E-state index in [1.807, 2.05) is 59.5 Å². The predicted molar refractivity (Wildman–Crippen MR) is 160 cm³/mol. The van der Waals surface area contributed by atoms with Gasteiger partial charge in [-0.25, -0.2) is 0 Å². The summed E-state index contributed by atoms with van der Waals surface area (Å²) in [6, 6.07) is 24.0. The Morgan fingerprint density at radius 3 is 2.37 bits per heavy atom. The lowest BCUT2D eigenvalue weighted by molar-refractivity contribution is -0.114. The molecule has 0 spiro atoms. The Bertz CT molecular complexity index is 1280. The van der Waals surface area contributed by atoms with Crippen molar-refractivity contribution < 1.29 is 9.59 Å². The van der Waals surface area contributed by atoms with Gasteiger partial charge in [0.15, 0.2) is 5.78 Å². The van der Waals surface area contributed by atoms with Crippen LogP contribution in [-0.2, 0) is 11.3 Å². The van der Waals surface area contributed by atoms with Gasteiger partial charge in [-0.15, -0.1) is 0 Å². The molecule has 0 saturated carbocycles. The van der Waals surface area contributed by atoms with Crippen LogP contribution in [0.4, 0.5) is 5.69 Å². The van der Waals surface area contributed by atoms with Crippen LogP contribution in [0.15, 0.2) is 82.6 Å². The average molecular weight is 527 g/mol. The molecule has 0 saturated heterocycles. The minimum Gasteiger partial charge on any atom is -0.303 e. The highest BCUT2D eigenvalue weighted by Crippen LogP contribution is 2.42. The average Bonchev–Trinajstić information content (AvgIpc) is 2.91. The number of nitrogens with zero attached hydrogens (tertiary/aromatic N) is 2. The molecule has 1 amide bonds. The highest BCUT2D eigenvalue weighted by atomic mass is 32.2. The fourth-order valence-corrected chi connectivity index (χ4v) is 5.96. The molecule has 0 fully saturated rings. The highest BCUT2D eigenvalue weighted by molar-refractivity contribution is 8.04. The largest absolute Gasteiger partial charge is 0.303 e. The maximum Gasteiger partial charge on any atom is 0.265 e. The first-order valence-corrected chi connectivity index (χ1v) is 14.5. The summed E-state index contributed by atoms with van der Waals surface area (Å²) < 4.78 is 0. The molecule has 1 aliphatic rings. The zero-order chi connectivity index (χ0) is 26.9. The molecule has 0 aliphatic carbocycles. The van der Waals surface area contributed by atoms with Gasteiger partial charge in [0.25, 0.3) is 5.91 Å². The molecule has 0 aromatic heterocycles. The van der Waals surface area contributed by atoms with E-state index in [2.05, 4.69) is 49.9 Å². The van der Waals surface area contributed by atoms with Gasteiger partial charge in [0.1, 0.15) is 0 Å². The maximum atomic E-state index is 13.6. The van der Waals surface area contributed by atoms with E-state index in [4.69, 9.17) is 0 Å². The van der Waals surface area contributed by atoms with Crippen LogP contribution in [0, 0.1) is 6.92 Å². The van der Waals surface area contributed by atoms with Crippen molar-refractivity contribution in [3.05, 3.63) is 100.0 Å². The highest BCUT2D eigenvalue weighted by Gasteiger charge is 2.29. The number of fused-ring (bicyclic) bond motifs is 1. The summed E-state index contributed by atoms with van der Waals surface area (Å²) in [6.45, 7) is 10.1. The molecule has 38 heavy (non-hydrogen) atoms. The van der Waals surface area contributed by atoms with E-state index >= 15 is 0 Å². The van der Waals surface area contributed by atoms with Crippen molar-refractivity contribution in [1.29, 1.82) is 0 Å². The Morgan fingerprint density at radius 1 is 0.921 bits per heavy atom. The van der Waals surface area contributed by atoms with Crippen molar-refractivity contribution >= 4 is 35.2 Å². The standard InChI is InChI=1S/C33H38N2O2S/c1-4-19-34(20-5-2)21-9-13-30(36)28-17-15-26(16-18-28)23-32-33(37)35(24-27-11-8-10-25(3)22-27)29-12-6-7-14-31(29)38-32/h6-8,10-12,14-18,22-23H,4-5,9,13,19-21,24H2,1-3H3/b32-23+. The van der Waals surface area contributed by atoms with E-state index in [1.54, 1.807) is 0 Å². The number of carbonyl (C=O) groups excluding carboxylic acids is 2. The lowest BCUT2D eigenvalue weighted by Gasteiger charge is -2.30. The zero-order valence-corrected chi connectivity index (χ0v) is 23.6. The van der Waals surface area contributed by atoms with Crippen molar-refractivity contribution in [2.75, 3.05) is 24.5 Å². The molecule has 1 heterocycles. The number of amides is 1. The van der Waals surface area contributed by atoms with Crippen molar-refractivity contribution in [2.24, 2.45) is 0 Å². The van der Waals surface area contributed by atoms with E-state index in [1.165, 1.54) is 17.3 Å². The van der Waals surface area contributed by atoms with Crippen LogP contribution < -0.4 is 4.90 Å². The Hall–Kier alpha value is -3.15. The van der Waals surface area contributed by atoms with E-state index in [-0.39, 0.29) is 11.7 Å². The molecular formula is C33H38N2O2S. The van der Waals surface area contributed by atoms with Crippen LogP contribution in [0.3, 0.4) is 0 Å². The number of rotatable bonds is 12. The number of hydrogen-bond donors (Lipinski definition) is 0. The monoisotopic (exact) mass is 526 g/mol. The number of benzene rings is 3. The molecule has 0 N–H and O–H groups in total. The van der Waals surface area contributed by atoms with E-state index < -0.39 is 0 Å². The maximum absolute atomic E-state index is 13.6. The lowest BCUT2D eigenvalue weighted by atomic mass is 10.0. The summed E-state index contributed by atoms with van der Waals surface area (Å²) in [7, 11) is 0. The van der Waals surface area contributed by atoms with Crippen molar-refractivity contribution in [3.8, 4) is 0 Å². The summed E-state index contributed by atoms with van der Waals surface area (Å²) in [5, 5.41) is 0. The second kappa shape index (κ2) is 13.6. The van der Waals surface area contributed by atoms with Gasteiger partial charge in [-0.05, 0) is 75.2 Å². The smallest absolute Gasteiger partial charge is 0.265 e. The van der Waals surface area contributed by atoms with Gasteiger partial charge < -0.3 is 9.80 Å². The molecule has 0 bridgehead atoms.